The molecule has 1 N–H and O–H groups in total. The lowest BCUT2D eigenvalue weighted by Crippen LogP contribution is -2.38. The zero-order chi connectivity index (χ0) is 23.4. The average molecular weight is 453 g/mol. The second-order valence-corrected chi connectivity index (χ2v) is 8.47. The topological polar surface area (TPSA) is 69.7 Å². The fourth-order valence-corrected chi connectivity index (χ4v) is 4.46. The first-order valence-electron chi connectivity index (χ1n) is 11.3. The Kier molecular flexibility index (Phi) is 6.96. The summed E-state index contributed by atoms with van der Waals surface area (Å²) in [6, 6.07) is 9.27. The molecule has 1 aromatic heterocycles. The van der Waals surface area contributed by atoms with Crippen LogP contribution >= 0.6 is 0 Å². The molecule has 1 atom stereocenters. The minimum Gasteiger partial charge on any atom is -0.493 e. The van der Waals surface area contributed by atoms with Crippen molar-refractivity contribution < 1.29 is 23.4 Å². The van der Waals surface area contributed by atoms with Crippen molar-refractivity contribution in [1.82, 2.24) is 10.3 Å². The van der Waals surface area contributed by atoms with E-state index in [2.05, 4.69) is 10.3 Å². The number of benzene rings is 2. The van der Waals surface area contributed by atoms with Gasteiger partial charge in [-0.1, -0.05) is 19.3 Å². The van der Waals surface area contributed by atoms with E-state index in [1.165, 1.54) is 31.4 Å². The van der Waals surface area contributed by atoms with Crippen molar-refractivity contribution in [3.63, 3.8) is 0 Å². The Labute approximate surface area is 193 Å². The van der Waals surface area contributed by atoms with Gasteiger partial charge in [-0.3, -0.25) is 9.78 Å². The molecule has 1 amide bonds. The number of hydrogen-bond acceptors (Lipinski definition) is 5. The van der Waals surface area contributed by atoms with E-state index in [1.807, 2.05) is 6.92 Å². The van der Waals surface area contributed by atoms with Gasteiger partial charge in [0.1, 0.15) is 17.3 Å². The Morgan fingerprint density at radius 2 is 1.76 bits per heavy atom. The zero-order valence-corrected chi connectivity index (χ0v) is 19.2. The van der Waals surface area contributed by atoms with Crippen LogP contribution in [0.5, 0.6) is 23.0 Å². The lowest BCUT2D eigenvalue weighted by atomic mass is 9.84. The average Bonchev–Trinajstić information content (AvgIpc) is 2.83. The smallest absolute Gasteiger partial charge is 0.251 e. The van der Waals surface area contributed by atoms with Crippen LogP contribution in [-0.4, -0.2) is 31.2 Å². The molecule has 2 aromatic carbocycles. The maximum Gasteiger partial charge on any atom is 0.251 e. The first kappa shape index (κ1) is 22.8. The molecule has 0 radical (unpaired) electrons. The minimum atomic E-state index is -0.541. The molecule has 0 saturated heterocycles. The number of nitrogens with zero attached hydrogens (tertiary/aromatic N) is 1. The molecule has 0 aliphatic heterocycles. The number of methoxy groups -OCH3 is 2. The molecule has 4 rings (SSSR count). The van der Waals surface area contributed by atoms with E-state index in [1.54, 1.807) is 44.7 Å². The van der Waals surface area contributed by atoms with Gasteiger partial charge in [-0.2, -0.15) is 0 Å². The highest BCUT2D eigenvalue weighted by atomic mass is 19.1. The molecular formula is C26H29FN2O4. The minimum absolute atomic E-state index is 0.0389. The number of fused-ring (bicyclic) bond motifs is 1. The number of hydrogen-bond donors (Lipinski definition) is 1. The van der Waals surface area contributed by atoms with Crippen LogP contribution in [0.3, 0.4) is 0 Å². The number of halogens is 1. The first-order valence-corrected chi connectivity index (χ1v) is 11.3. The second-order valence-electron chi connectivity index (χ2n) is 8.47. The van der Waals surface area contributed by atoms with Gasteiger partial charge >= 0.3 is 0 Å². The van der Waals surface area contributed by atoms with Crippen LogP contribution in [0.1, 0.15) is 49.4 Å². The maximum absolute atomic E-state index is 14.4. The highest BCUT2D eigenvalue weighted by Crippen LogP contribution is 2.37. The normalized spacial score (nSPS) is 15.2. The molecule has 0 spiro atoms. The number of pyridine rings is 1. The number of carbonyl (C=O) groups excluding carboxylic acids is 1. The van der Waals surface area contributed by atoms with Gasteiger partial charge in [0.05, 0.1) is 19.7 Å². The Morgan fingerprint density at radius 1 is 1.03 bits per heavy atom. The Bertz CT molecular complexity index is 1140. The summed E-state index contributed by atoms with van der Waals surface area (Å²) in [5.41, 5.74) is 0.867. The van der Waals surface area contributed by atoms with Crippen molar-refractivity contribution >= 4 is 16.8 Å². The predicted molar refractivity (Wildman–Crippen MR) is 125 cm³/mol. The molecule has 174 valence electrons. The molecule has 3 aromatic rings. The van der Waals surface area contributed by atoms with Crippen molar-refractivity contribution in [3.8, 4) is 23.0 Å². The van der Waals surface area contributed by atoms with Crippen molar-refractivity contribution in [2.75, 3.05) is 14.2 Å². The predicted octanol–water partition coefficient (Wildman–Crippen LogP) is 5.88. The molecule has 1 heterocycles. The Balaban J connectivity index is 1.58. The number of ether oxygens (including phenoxy) is 3. The van der Waals surface area contributed by atoms with Crippen molar-refractivity contribution in [3.05, 3.63) is 54.0 Å². The fraction of sp³-hybridized carbons (Fsp3) is 0.385. The summed E-state index contributed by atoms with van der Waals surface area (Å²) in [6.07, 6.45) is 7.47. The van der Waals surface area contributed by atoms with Crippen LogP contribution in [0.15, 0.2) is 42.6 Å². The van der Waals surface area contributed by atoms with Crippen LogP contribution in [0.4, 0.5) is 4.39 Å². The van der Waals surface area contributed by atoms with Gasteiger partial charge in [0.2, 0.25) is 0 Å². The van der Waals surface area contributed by atoms with Crippen molar-refractivity contribution in [2.24, 2.45) is 5.92 Å². The van der Waals surface area contributed by atoms with E-state index in [4.69, 9.17) is 14.2 Å². The number of amides is 1. The molecule has 1 aliphatic carbocycles. The van der Waals surface area contributed by atoms with Gasteiger partial charge in [-0.05, 0) is 49.9 Å². The third-order valence-electron chi connectivity index (χ3n) is 6.28. The van der Waals surface area contributed by atoms with E-state index in [-0.39, 0.29) is 23.3 Å². The summed E-state index contributed by atoms with van der Waals surface area (Å²) in [5.74, 6) is 1.39. The number of aromatic nitrogens is 1. The standard InChI is InChI=1S/C26H29FN2O4/c1-16(17-7-5-4-6-8-17)29-26(30)18-11-19(27)13-20(12-18)33-23-9-10-28-22-15-25(32-3)24(31-2)14-21(22)23/h9-17H,4-8H2,1-3H3,(H,29,30)/t16-/m1/s1. The van der Waals surface area contributed by atoms with E-state index in [9.17, 15) is 9.18 Å². The summed E-state index contributed by atoms with van der Waals surface area (Å²) in [6.45, 7) is 2.02. The van der Waals surface area contributed by atoms with E-state index in [0.29, 0.717) is 34.1 Å². The molecule has 7 heteroatoms. The highest BCUT2D eigenvalue weighted by molar-refractivity contribution is 5.95. The zero-order valence-electron chi connectivity index (χ0n) is 19.2. The summed E-state index contributed by atoms with van der Waals surface area (Å²) < 4.78 is 31.1. The summed E-state index contributed by atoms with van der Waals surface area (Å²) in [5, 5.41) is 3.72. The lowest BCUT2D eigenvalue weighted by molar-refractivity contribution is 0.0918. The summed E-state index contributed by atoms with van der Waals surface area (Å²) in [4.78, 5) is 17.2. The molecule has 1 fully saturated rings. The molecule has 0 bridgehead atoms. The summed E-state index contributed by atoms with van der Waals surface area (Å²) in [7, 11) is 3.10. The first-order chi connectivity index (χ1) is 16.0. The fourth-order valence-electron chi connectivity index (χ4n) is 4.46. The van der Waals surface area contributed by atoms with E-state index >= 15 is 0 Å². The van der Waals surface area contributed by atoms with E-state index in [0.717, 1.165) is 12.8 Å². The SMILES string of the molecule is COc1cc2nccc(Oc3cc(F)cc(C(=O)N[C@H](C)C4CCCCC4)c3)c2cc1OC. The van der Waals surface area contributed by atoms with Crippen molar-refractivity contribution in [2.45, 2.75) is 45.1 Å². The Morgan fingerprint density at radius 3 is 2.48 bits per heavy atom. The molecule has 6 nitrogen and oxygen atoms in total. The van der Waals surface area contributed by atoms with Gasteiger partial charge in [-0.25, -0.2) is 4.39 Å². The highest BCUT2D eigenvalue weighted by Gasteiger charge is 2.22. The molecule has 0 unspecified atom stereocenters. The number of carbonyl (C=O) groups is 1. The van der Waals surface area contributed by atoms with Crippen LogP contribution < -0.4 is 19.5 Å². The Hall–Kier alpha value is -3.35. The van der Waals surface area contributed by atoms with Crippen LogP contribution in [0.25, 0.3) is 10.9 Å². The molecule has 1 saturated carbocycles. The van der Waals surface area contributed by atoms with Gasteiger partial charge in [0.15, 0.2) is 11.5 Å². The van der Waals surface area contributed by atoms with E-state index < -0.39 is 5.82 Å². The van der Waals surface area contributed by atoms with Crippen LogP contribution in [0.2, 0.25) is 0 Å². The molecular weight excluding hydrogens is 423 g/mol. The van der Waals surface area contributed by atoms with Gasteiger partial charge < -0.3 is 19.5 Å². The monoisotopic (exact) mass is 452 g/mol. The number of nitrogens with one attached hydrogen (secondary N) is 1. The third kappa shape index (κ3) is 5.18. The summed E-state index contributed by atoms with van der Waals surface area (Å²) >= 11 is 0. The van der Waals surface area contributed by atoms with Crippen LogP contribution in [-0.2, 0) is 0 Å². The second kappa shape index (κ2) is 10.1. The van der Waals surface area contributed by atoms with Crippen LogP contribution in [0, 0.1) is 11.7 Å². The largest absolute Gasteiger partial charge is 0.493 e. The third-order valence-corrected chi connectivity index (χ3v) is 6.28. The quantitative estimate of drug-likeness (QED) is 0.485. The maximum atomic E-state index is 14.4. The van der Waals surface area contributed by atoms with Crippen molar-refractivity contribution in [1.29, 1.82) is 0 Å². The lowest BCUT2D eigenvalue weighted by Gasteiger charge is -2.28. The molecule has 1 aliphatic rings. The number of rotatable bonds is 7. The molecule has 33 heavy (non-hydrogen) atoms. The van der Waals surface area contributed by atoms with Gasteiger partial charge in [0.25, 0.3) is 5.91 Å². The van der Waals surface area contributed by atoms with Gasteiger partial charge in [-0.15, -0.1) is 0 Å². The van der Waals surface area contributed by atoms with Gasteiger partial charge in [0, 0.05) is 35.3 Å².